The number of imidazole rings is 1. The Morgan fingerprint density at radius 2 is 2.04 bits per heavy atom. The summed E-state index contributed by atoms with van der Waals surface area (Å²) in [6.45, 7) is 3.15. The molecule has 4 rings (SSSR count). The van der Waals surface area contributed by atoms with Gasteiger partial charge < -0.3 is 9.47 Å². The second-order valence-electron chi connectivity index (χ2n) is 6.74. The fourth-order valence-electron chi connectivity index (χ4n) is 3.69. The molecule has 1 aromatic heterocycles. The van der Waals surface area contributed by atoms with Crippen LogP contribution < -0.4 is 0 Å². The quantitative estimate of drug-likeness (QED) is 0.654. The Morgan fingerprint density at radius 3 is 2.89 bits per heavy atom. The van der Waals surface area contributed by atoms with Crippen molar-refractivity contribution in [2.75, 3.05) is 13.1 Å². The number of hydrogen-bond donors (Lipinski definition) is 0. The van der Waals surface area contributed by atoms with Gasteiger partial charge in [-0.15, -0.1) is 0 Å². The van der Waals surface area contributed by atoms with Gasteiger partial charge in [0.1, 0.15) is 17.5 Å². The SMILES string of the molecule is Cc1nc2ccccc2n1[C@@H]1CCN(C(=O)/C=C/c2cc(F)ccc2F)C1. The van der Waals surface area contributed by atoms with E-state index in [1.165, 1.54) is 12.2 Å². The van der Waals surface area contributed by atoms with E-state index in [1.807, 2.05) is 31.2 Å². The molecule has 2 aromatic carbocycles. The summed E-state index contributed by atoms with van der Waals surface area (Å²) >= 11 is 0. The van der Waals surface area contributed by atoms with Crippen molar-refractivity contribution < 1.29 is 13.6 Å². The van der Waals surface area contributed by atoms with Gasteiger partial charge in [-0.1, -0.05) is 12.1 Å². The van der Waals surface area contributed by atoms with Crippen LogP contribution in [-0.4, -0.2) is 33.4 Å². The topological polar surface area (TPSA) is 38.1 Å². The van der Waals surface area contributed by atoms with Crippen LogP contribution >= 0.6 is 0 Å². The lowest BCUT2D eigenvalue weighted by atomic mass is 10.2. The van der Waals surface area contributed by atoms with E-state index >= 15 is 0 Å². The first-order chi connectivity index (χ1) is 13.0. The number of carbonyl (C=O) groups excluding carboxylic acids is 1. The average molecular weight is 367 g/mol. The minimum Gasteiger partial charge on any atom is -0.337 e. The number of benzene rings is 2. The standard InChI is InChI=1S/C21H19F2N3O/c1-14-24-19-4-2-3-5-20(19)26(14)17-10-11-25(13-17)21(27)9-6-15-12-16(22)7-8-18(15)23/h2-9,12,17H,10-11,13H2,1H3/b9-6+/t17-/m1/s1. The van der Waals surface area contributed by atoms with E-state index in [9.17, 15) is 13.6 Å². The summed E-state index contributed by atoms with van der Waals surface area (Å²) in [4.78, 5) is 18.8. The van der Waals surface area contributed by atoms with E-state index in [4.69, 9.17) is 0 Å². The molecule has 27 heavy (non-hydrogen) atoms. The molecular formula is C21H19F2N3O. The number of aryl methyl sites for hydroxylation is 1. The lowest BCUT2D eigenvalue weighted by molar-refractivity contribution is -0.125. The maximum Gasteiger partial charge on any atom is 0.246 e. The van der Waals surface area contributed by atoms with Gasteiger partial charge in [0.05, 0.1) is 17.1 Å². The number of amides is 1. The smallest absolute Gasteiger partial charge is 0.246 e. The van der Waals surface area contributed by atoms with E-state index < -0.39 is 11.6 Å². The number of likely N-dealkylation sites (tertiary alicyclic amines) is 1. The normalized spacial score (nSPS) is 17.3. The van der Waals surface area contributed by atoms with Crippen LogP contribution in [0.3, 0.4) is 0 Å². The maximum atomic E-state index is 13.7. The predicted octanol–water partition coefficient (Wildman–Crippen LogP) is 4.11. The number of halogens is 2. The molecule has 6 heteroatoms. The van der Waals surface area contributed by atoms with Crippen LogP contribution in [0.25, 0.3) is 17.1 Å². The summed E-state index contributed by atoms with van der Waals surface area (Å²) in [5.74, 6) is -0.372. The molecule has 0 spiro atoms. The van der Waals surface area contributed by atoms with Crippen LogP contribution in [0.2, 0.25) is 0 Å². The van der Waals surface area contributed by atoms with Gasteiger partial charge in [0.15, 0.2) is 0 Å². The van der Waals surface area contributed by atoms with Gasteiger partial charge in [-0.25, -0.2) is 13.8 Å². The second-order valence-corrected chi connectivity index (χ2v) is 6.74. The first-order valence-electron chi connectivity index (χ1n) is 8.88. The molecule has 4 nitrogen and oxygen atoms in total. The highest BCUT2D eigenvalue weighted by Crippen LogP contribution is 2.28. The zero-order valence-corrected chi connectivity index (χ0v) is 14.9. The molecule has 3 aromatic rings. The third-order valence-corrected chi connectivity index (χ3v) is 4.98. The number of rotatable bonds is 3. The number of para-hydroxylation sites is 2. The van der Waals surface area contributed by atoms with E-state index in [1.54, 1.807) is 4.90 Å². The third-order valence-electron chi connectivity index (χ3n) is 4.98. The molecule has 2 heterocycles. The number of hydrogen-bond acceptors (Lipinski definition) is 2. The molecule has 138 valence electrons. The highest BCUT2D eigenvalue weighted by atomic mass is 19.1. The van der Waals surface area contributed by atoms with Crippen molar-refractivity contribution >= 4 is 23.0 Å². The van der Waals surface area contributed by atoms with E-state index in [-0.39, 0.29) is 17.5 Å². The van der Waals surface area contributed by atoms with Crippen LogP contribution in [0.1, 0.15) is 23.9 Å². The lowest BCUT2D eigenvalue weighted by Gasteiger charge is -2.17. The summed E-state index contributed by atoms with van der Waals surface area (Å²) in [6, 6.07) is 11.3. The summed E-state index contributed by atoms with van der Waals surface area (Å²) in [6.07, 6.45) is 3.46. The molecule has 1 fully saturated rings. The van der Waals surface area contributed by atoms with Gasteiger partial charge in [-0.05, 0) is 49.8 Å². The van der Waals surface area contributed by atoms with Crippen molar-refractivity contribution in [1.29, 1.82) is 0 Å². The zero-order chi connectivity index (χ0) is 19.0. The van der Waals surface area contributed by atoms with Gasteiger partial charge in [-0.3, -0.25) is 4.79 Å². The van der Waals surface area contributed by atoms with Crippen LogP contribution in [-0.2, 0) is 4.79 Å². The minimum absolute atomic E-state index is 0.0653. The number of carbonyl (C=O) groups is 1. The fourth-order valence-corrected chi connectivity index (χ4v) is 3.69. The van der Waals surface area contributed by atoms with Gasteiger partial charge in [0, 0.05) is 24.7 Å². The molecule has 0 aliphatic carbocycles. The monoisotopic (exact) mass is 367 g/mol. The summed E-state index contributed by atoms with van der Waals surface area (Å²) in [5.41, 5.74) is 2.07. The predicted molar refractivity (Wildman–Crippen MR) is 100 cm³/mol. The van der Waals surface area contributed by atoms with Gasteiger partial charge in [0.2, 0.25) is 5.91 Å². The molecule has 0 radical (unpaired) electrons. The van der Waals surface area contributed by atoms with Crippen molar-refractivity contribution in [3.8, 4) is 0 Å². The molecule has 1 aliphatic rings. The fraction of sp³-hybridized carbons (Fsp3) is 0.238. The Balaban J connectivity index is 1.50. The lowest BCUT2D eigenvalue weighted by Crippen LogP contribution is -2.27. The van der Waals surface area contributed by atoms with Crippen molar-refractivity contribution in [2.24, 2.45) is 0 Å². The molecule has 0 saturated carbocycles. The molecular weight excluding hydrogens is 348 g/mol. The van der Waals surface area contributed by atoms with Crippen molar-refractivity contribution in [2.45, 2.75) is 19.4 Å². The van der Waals surface area contributed by atoms with Gasteiger partial charge in [-0.2, -0.15) is 0 Å². The van der Waals surface area contributed by atoms with Crippen LogP contribution in [0.15, 0.2) is 48.5 Å². The Morgan fingerprint density at radius 1 is 1.22 bits per heavy atom. The molecule has 0 bridgehead atoms. The second kappa shape index (κ2) is 6.95. The largest absolute Gasteiger partial charge is 0.337 e. The van der Waals surface area contributed by atoms with E-state index in [0.29, 0.717) is 13.1 Å². The first kappa shape index (κ1) is 17.4. The van der Waals surface area contributed by atoms with Crippen LogP contribution in [0.4, 0.5) is 8.78 Å². The molecule has 1 saturated heterocycles. The van der Waals surface area contributed by atoms with Crippen molar-refractivity contribution in [1.82, 2.24) is 14.5 Å². The molecule has 1 amide bonds. The van der Waals surface area contributed by atoms with Crippen LogP contribution in [0.5, 0.6) is 0 Å². The van der Waals surface area contributed by atoms with Gasteiger partial charge in [0.25, 0.3) is 0 Å². The summed E-state index contributed by atoms with van der Waals surface area (Å²) in [5, 5.41) is 0. The Bertz CT molecular complexity index is 1040. The highest BCUT2D eigenvalue weighted by Gasteiger charge is 2.28. The average Bonchev–Trinajstić information content (AvgIpc) is 3.25. The first-order valence-corrected chi connectivity index (χ1v) is 8.88. The highest BCUT2D eigenvalue weighted by molar-refractivity contribution is 5.92. The molecule has 1 atom stereocenters. The van der Waals surface area contributed by atoms with Gasteiger partial charge >= 0.3 is 0 Å². The minimum atomic E-state index is -0.555. The summed E-state index contributed by atoms with van der Waals surface area (Å²) < 4.78 is 29.1. The van der Waals surface area contributed by atoms with Crippen LogP contribution in [0, 0.1) is 18.6 Å². The summed E-state index contributed by atoms with van der Waals surface area (Å²) in [7, 11) is 0. The number of fused-ring (bicyclic) bond motifs is 1. The number of aromatic nitrogens is 2. The van der Waals surface area contributed by atoms with Crippen molar-refractivity contribution in [3.63, 3.8) is 0 Å². The molecule has 1 aliphatic heterocycles. The Kier molecular flexibility index (Phi) is 4.48. The van der Waals surface area contributed by atoms with E-state index in [0.717, 1.165) is 41.5 Å². The third kappa shape index (κ3) is 3.35. The molecule has 0 N–H and O–H groups in total. The number of nitrogens with zero attached hydrogens (tertiary/aromatic N) is 3. The molecule has 0 unspecified atom stereocenters. The zero-order valence-electron chi connectivity index (χ0n) is 14.9. The van der Waals surface area contributed by atoms with Crippen molar-refractivity contribution in [3.05, 3.63) is 71.6 Å². The Labute approximate surface area is 155 Å². The van der Waals surface area contributed by atoms with E-state index in [2.05, 4.69) is 9.55 Å². The maximum absolute atomic E-state index is 13.7. The Hall–Kier alpha value is -3.02.